The van der Waals surface area contributed by atoms with Gasteiger partial charge in [0.1, 0.15) is 0 Å². The minimum absolute atomic E-state index is 0.136. The minimum Gasteiger partial charge on any atom is -0.368 e. The van der Waals surface area contributed by atoms with Crippen LogP contribution in [0.4, 0.5) is 28.9 Å². The van der Waals surface area contributed by atoms with Crippen LogP contribution in [-0.4, -0.2) is 85.8 Å². The molecule has 4 rings (SSSR count). The number of anilines is 2. The normalized spacial score (nSPS) is 17.6. The zero-order valence-electron chi connectivity index (χ0n) is 18.5. The molecule has 10 heteroatoms. The molecule has 0 atom stereocenters. The first-order valence-corrected chi connectivity index (χ1v) is 11.2. The molecule has 34 heavy (non-hydrogen) atoms. The summed E-state index contributed by atoms with van der Waals surface area (Å²) in [5.74, 6) is -14.3. The molecule has 0 aromatic heterocycles. The highest BCUT2D eigenvalue weighted by Gasteiger charge is 2.68. The van der Waals surface area contributed by atoms with Crippen LogP contribution < -0.4 is 9.80 Å². The van der Waals surface area contributed by atoms with Gasteiger partial charge in [-0.25, -0.2) is 0 Å². The number of nitrogens with zero attached hydrogens (tertiary/aromatic N) is 4. The number of amides is 2. The fourth-order valence-electron chi connectivity index (χ4n) is 4.28. The Morgan fingerprint density at radius 2 is 0.824 bits per heavy atom. The van der Waals surface area contributed by atoms with Crippen molar-refractivity contribution in [2.75, 3.05) is 62.2 Å². The summed E-state index contributed by atoms with van der Waals surface area (Å²) in [5, 5.41) is 0. The number of hydrogen-bond acceptors (Lipinski definition) is 4. The van der Waals surface area contributed by atoms with Gasteiger partial charge in [-0.05, 0) is 24.3 Å². The number of piperazine rings is 2. The molecule has 6 nitrogen and oxygen atoms in total. The van der Waals surface area contributed by atoms with E-state index in [9.17, 15) is 27.2 Å². The smallest absolute Gasteiger partial charge is 0.368 e. The first kappa shape index (κ1) is 23.8. The van der Waals surface area contributed by atoms with Gasteiger partial charge in [-0.3, -0.25) is 9.59 Å². The van der Waals surface area contributed by atoms with Gasteiger partial charge in [0.2, 0.25) is 0 Å². The molecule has 2 aliphatic heterocycles. The maximum absolute atomic E-state index is 14.7. The Hall–Kier alpha value is -3.30. The van der Waals surface area contributed by atoms with E-state index in [0.717, 1.165) is 11.4 Å². The number of benzene rings is 2. The van der Waals surface area contributed by atoms with Gasteiger partial charge in [-0.1, -0.05) is 36.4 Å². The quantitative estimate of drug-likeness (QED) is 0.621. The molecule has 2 aliphatic rings. The lowest BCUT2D eigenvalue weighted by molar-refractivity contribution is -0.223. The Morgan fingerprint density at radius 3 is 1.12 bits per heavy atom. The monoisotopic (exact) mass is 478 g/mol. The van der Waals surface area contributed by atoms with Crippen LogP contribution in [0.1, 0.15) is 0 Å². The second-order valence-corrected chi connectivity index (χ2v) is 8.38. The van der Waals surface area contributed by atoms with E-state index in [1.807, 2.05) is 70.5 Å². The number of halogens is 4. The summed E-state index contributed by atoms with van der Waals surface area (Å²) in [4.78, 5) is 30.1. The van der Waals surface area contributed by atoms with Crippen molar-refractivity contribution in [1.82, 2.24) is 9.80 Å². The third-order valence-corrected chi connectivity index (χ3v) is 6.31. The maximum atomic E-state index is 14.7. The van der Waals surface area contributed by atoms with Crippen molar-refractivity contribution in [1.29, 1.82) is 0 Å². The summed E-state index contributed by atoms with van der Waals surface area (Å²) in [6.45, 7) is 0.374. The van der Waals surface area contributed by atoms with Gasteiger partial charge in [-0.15, -0.1) is 0 Å². The average molecular weight is 478 g/mol. The SMILES string of the molecule is O=C(N1CCN(c2ccccc2)CC1)C(F)(F)C(F)(F)C(=O)N1CCN(c2ccccc2)CC1. The van der Waals surface area contributed by atoms with Crippen LogP contribution in [0.25, 0.3) is 0 Å². The van der Waals surface area contributed by atoms with Crippen LogP contribution in [0.3, 0.4) is 0 Å². The van der Waals surface area contributed by atoms with Crippen LogP contribution in [0.5, 0.6) is 0 Å². The van der Waals surface area contributed by atoms with E-state index in [2.05, 4.69) is 0 Å². The summed E-state index contributed by atoms with van der Waals surface area (Å²) < 4.78 is 58.9. The lowest BCUT2D eigenvalue weighted by atomic mass is 10.1. The molecule has 2 saturated heterocycles. The third kappa shape index (κ3) is 4.53. The van der Waals surface area contributed by atoms with Crippen molar-refractivity contribution in [2.24, 2.45) is 0 Å². The third-order valence-electron chi connectivity index (χ3n) is 6.31. The van der Waals surface area contributed by atoms with Crippen LogP contribution >= 0.6 is 0 Å². The zero-order chi connectivity index (χ0) is 24.3. The van der Waals surface area contributed by atoms with Crippen molar-refractivity contribution < 1.29 is 27.2 Å². The van der Waals surface area contributed by atoms with Gasteiger partial charge < -0.3 is 19.6 Å². The molecule has 2 aromatic rings. The highest BCUT2D eigenvalue weighted by molar-refractivity contribution is 5.95. The summed E-state index contributed by atoms with van der Waals surface area (Å²) in [6, 6.07) is 18.4. The predicted molar refractivity (Wildman–Crippen MR) is 120 cm³/mol. The van der Waals surface area contributed by atoms with E-state index in [4.69, 9.17) is 0 Å². The molecular weight excluding hydrogens is 452 g/mol. The van der Waals surface area contributed by atoms with E-state index in [1.54, 1.807) is 0 Å². The molecule has 2 heterocycles. The molecule has 0 N–H and O–H groups in total. The molecular formula is C24H26F4N4O2. The number of alkyl halides is 4. The number of rotatable bonds is 5. The van der Waals surface area contributed by atoms with Gasteiger partial charge in [-0.2, -0.15) is 17.6 Å². The average Bonchev–Trinajstić information content (AvgIpc) is 2.89. The minimum atomic E-state index is -5.13. The zero-order valence-corrected chi connectivity index (χ0v) is 18.5. The highest BCUT2D eigenvalue weighted by atomic mass is 19.3. The van der Waals surface area contributed by atoms with Crippen molar-refractivity contribution in [2.45, 2.75) is 11.8 Å². The standard InChI is InChI=1S/C24H26F4N4O2/c25-23(26,21(33)31-15-11-29(12-16-31)19-7-3-1-4-8-19)24(27,28)22(34)32-17-13-30(14-18-32)20-9-5-2-6-10-20/h1-10H,11-18H2. The fraction of sp³-hybridized carbons (Fsp3) is 0.417. The Kier molecular flexibility index (Phi) is 6.67. The summed E-state index contributed by atoms with van der Waals surface area (Å²) in [5.41, 5.74) is 1.72. The van der Waals surface area contributed by atoms with Crippen LogP contribution in [0.2, 0.25) is 0 Å². The summed E-state index contributed by atoms with van der Waals surface area (Å²) >= 11 is 0. The van der Waals surface area contributed by atoms with Crippen molar-refractivity contribution >= 4 is 23.2 Å². The van der Waals surface area contributed by atoms with Crippen molar-refractivity contribution in [3.63, 3.8) is 0 Å². The van der Waals surface area contributed by atoms with Gasteiger partial charge in [0.05, 0.1) is 0 Å². The van der Waals surface area contributed by atoms with Gasteiger partial charge in [0.25, 0.3) is 11.8 Å². The Labute approximate surface area is 195 Å². The topological polar surface area (TPSA) is 47.1 Å². The molecule has 2 amide bonds. The Morgan fingerprint density at radius 1 is 0.529 bits per heavy atom. The molecule has 0 saturated carbocycles. The molecule has 2 aromatic carbocycles. The Balaban J connectivity index is 1.37. The molecule has 2 fully saturated rings. The molecule has 0 aliphatic carbocycles. The van der Waals surface area contributed by atoms with Crippen LogP contribution in [0, 0.1) is 0 Å². The second-order valence-electron chi connectivity index (χ2n) is 8.38. The fourth-order valence-corrected chi connectivity index (χ4v) is 4.28. The highest BCUT2D eigenvalue weighted by Crippen LogP contribution is 2.38. The number of carbonyl (C=O) groups excluding carboxylic acids is 2. The first-order valence-electron chi connectivity index (χ1n) is 11.2. The maximum Gasteiger partial charge on any atom is 0.395 e. The molecule has 0 spiro atoms. The molecule has 0 radical (unpaired) electrons. The lowest BCUT2D eigenvalue weighted by Gasteiger charge is -2.40. The molecule has 182 valence electrons. The van der Waals surface area contributed by atoms with Crippen molar-refractivity contribution in [3.05, 3.63) is 60.7 Å². The number of hydrogen-bond donors (Lipinski definition) is 0. The van der Waals surface area contributed by atoms with E-state index in [1.165, 1.54) is 0 Å². The largest absolute Gasteiger partial charge is 0.395 e. The van der Waals surface area contributed by atoms with E-state index < -0.39 is 23.7 Å². The number of carbonyl (C=O) groups is 2. The number of para-hydroxylation sites is 2. The molecule has 0 unspecified atom stereocenters. The summed E-state index contributed by atoms with van der Waals surface area (Å²) in [7, 11) is 0. The van der Waals surface area contributed by atoms with Gasteiger partial charge in [0, 0.05) is 63.7 Å². The summed E-state index contributed by atoms with van der Waals surface area (Å²) in [6.07, 6.45) is 0. The van der Waals surface area contributed by atoms with Crippen LogP contribution in [0.15, 0.2) is 60.7 Å². The first-order chi connectivity index (χ1) is 16.2. The Bertz CT molecular complexity index is 909. The predicted octanol–water partition coefficient (Wildman–Crippen LogP) is 2.95. The van der Waals surface area contributed by atoms with E-state index >= 15 is 0 Å². The molecule has 0 bridgehead atoms. The van der Waals surface area contributed by atoms with E-state index in [-0.39, 0.29) is 52.4 Å². The lowest BCUT2D eigenvalue weighted by Crippen LogP contribution is -2.64. The van der Waals surface area contributed by atoms with Crippen molar-refractivity contribution in [3.8, 4) is 0 Å². The van der Waals surface area contributed by atoms with Gasteiger partial charge in [0.15, 0.2) is 0 Å². The van der Waals surface area contributed by atoms with E-state index in [0.29, 0.717) is 9.80 Å². The van der Waals surface area contributed by atoms with Gasteiger partial charge >= 0.3 is 11.8 Å². The second kappa shape index (κ2) is 9.52. The van der Waals surface area contributed by atoms with Crippen LogP contribution in [-0.2, 0) is 9.59 Å².